The maximum atomic E-state index is 4.18. The number of H-pyrrole nitrogens is 1. The van der Waals surface area contributed by atoms with Crippen molar-refractivity contribution in [2.45, 2.75) is 13.3 Å². The molecule has 0 amide bonds. The molecule has 0 aliphatic carbocycles. The van der Waals surface area contributed by atoms with Gasteiger partial charge in [-0.1, -0.05) is 12.2 Å². The summed E-state index contributed by atoms with van der Waals surface area (Å²) in [5.41, 5.74) is 0.933. The summed E-state index contributed by atoms with van der Waals surface area (Å²) < 4.78 is 0. The zero-order valence-corrected chi connectivity index (χ0v) is 7.70. The van der Waals surface area contributed by atoms with Gasteiger partial charge in [0.2, 0.25) is 0 Å². The first kappa shape index (κ1) is 9.45. The lowest BCUT2D eigenvalue weighted by Crippen LogP contribution is -1.73. The number of hydrogen-bond acceptors (Lipinski definition) is 2. The molecule has 0 radical (unpaired) electrons. The number of aliphatic imine (C=N–C) groups is 1. The summed E-state index contributed by atoms with van der Waals surface area (Å²) >= 11 is 0. The molecule has 0 spiro atoms. The van der Waals surface area contributed by atoms with Gasteiger partial charge in [0.05, 0.1) is 12.0 Å². The molecule has 1 aromatic heterocycles. The van der Waals surface area contributed by atoms with Crippen molar-refractivity contribution in [3.05, 3.63) is 30.8 Å². The molecule has 68 valence electrons. The number of hydrogen-bond donors (Lipinski definition) is 1. The second-order valence-electron chi connectivity index (χ2n) is 2.48. The van der Waals surface area contributed by atoms with Crippen molar-refractivity contribution in [1.29, 1.82) is 0 Å². The number of imidazole rings is 1. The lowest BCUT2D eigenvalue weighted by molar-refractivity contribution is 1.29. The number of nitrogens with zero attached hydrogens (tertiary/aromatic N) is 2. The normalized spacial score (nSPS) is 11.5. The van der Waals surface area contributed by atoms with E-state index in [4.69, 9.17) is 0 Å². The average Bonchev–Trinajstić information content (AvgIpc) is 2.54. The van der Waals surface area contributed by atoms with Crippen molar-refractivity contribution in [2.75, 3.05) is 0 Å². The van der Waals surface area contributed by atoms with E-state index in [0.717, 1.165) is 17.9 Å². The Balaban J connectivity index is 2.75. The van der Waals surface area contributed by atoms with Crippen molar-refractivity contribution in [3.8, 4) is 0 Å². The molecule has 1 rings (SSSR count). The number of allylic oxidation sites excluding steroid dienone is 2. The first-order chi connectivity index (χ1) is 6.38. The fraction of sp³-hybridized carbons (Fsp3) is 0.200. The summed E-state index contributed by atoms with van der Waals surface area (Å²) in [6.45, 7) is 5.56. The van der Waals surface area contributed by atoms with E-state index in [1.807, 2.05) is 19.1 Å². The standard InChI is InChI=1S/C10H13N3/c1-3-5-7-11-10-9(6-4-2)12-8-13-10/h3-4,6-8H,1,5H2,2H3,(H,12,13)/b6-4-,11-7-. The van der Waals surface area contributed by atoms with Gasteiger partial charge in [-0.3, -0.25) is 0 Å². The molecule has 3 heteroatoms. The van der Waals surface area contributed by atoms with Gasteiger partial charge in [0, 0.05) is 12.6 Å². The molecular formula is C10H13N3. The summed E-state index contributed by atoms with van der Waals surface area (Å²) in [7, 11) is 0. The molecule has 0 atom stereocenters. The third kappa shape index (κ3) is 2.71. The van der Waals surface area contributed by atoms with E-state index in [1.54, 1.807) is 18.6 Å². The SMILES string of the molecule is C=CC/C=N\c1nc[nH]c1/C=C\C. The predicted molar refractivity (Wildman–Crippen MR) is 56.3 cm³/mol. The van der Waals surface area contributed by atoms with E-state index in [1.165, 1.54) is 0 Å². The Bertz CT molecular complexity index is 321. The minimum atomic E-state index is 0.722. The van der Waals surface area contributed by atoms with Gasteiger partial charge in [-0.25, -0.2) is 9.98 Å². The highest BCUT2D eigenvalue weighted by molar-refractivity contribution is 5.67. The summed E-state index contributed by atoms with van der Waals surface area (Å²) in [6.07, 6.45) is 9.87. The fourth-order valence-electron chi connectivity index (χ4n) is 0.903. The quantitative estimate of drug-likeness (QED) is 0.554. The third-order valence-corrected chi connectivity index (χ3v) is 1.47. The molecule has 0 fully saturated rings. The summed E-state index contributed by atoms with van der Waals surface area (Å²) in [5, 5.41) is 0. The smallest absolute Gasteiger partial charge is 0.177 e. The molecule has 3 nitrogen and oxygen atoms in total. The molecule has 0 aromatic carbocycles. The number of rotatable bonds is 4. The largest absolute Gasteiger partial charge is 0.343 e. The lowest BCUT2D eigenvalue weighted by Gasteiger charge is -1.88. The van der Waals surface area contributed by atoms with Gasteiger partial charge in [0.15, 0.2) is 5.82 Å². The Morgan fingerprint density at radius 1 is 1.69 bits per heavy atom. The summed E-state index contributed by atoms with van der Waals surface area (Å²) in [4.78, 5) is 11.2. The van der Waals surface area contributed by atoms with Crippen LogP contribution in [0.25, 0.3) is 6.08 Å². The van der Waals surface area contributed by atoms with Crippen LogP contribution in [-0.2, 0) is 0 Å². The zero-order chi connectivity index (χ0) is 9.52. The van der Waals surface area contributed by atoms with E-state index in [2.05, 4.69) is 21.5 Å². The van der Waals surface area contributed by atoms with E-state index in [-0.39, 0.29) is 0 Å². The van der Waals surface area contributed by atoms with Gasteiger partial charge in [-0.05, 0) is 13.0 Å². The lowest BCUT2D eigenvalue weighted by atomic mass is 10.4. The predicted octanol–water partition coefficient (Wildman–Crippen LogP) is 2.72. The van der Waals surface area contributed by atoms with E-state index in [9.17, 15) is 0 Å². The number of aromatic nitrogens is 2. The van der Waals surface area contributed by atoms with Gasteiger partial charge in [-0.15, -0.1) is 6.58 Å². The maximum absolute atomic E-state index is 4.18. The van der Waals surface area contributed by atoms with Crippen LogP contribution in [0.5, 0.6) is 0 Å². The Morgan fingerprint density at radius 3 is 3.23 bits per heavy atom. The minimum absolute atomic E-state index is 0.722. The van der Waals surface area contributed by atoms with Gasteiger partial charge < -0.3 is 4.98 Å². The Kier molecular flexibility index (Phi) is 3.70. The van der Waals surface area contributed by atoms with Crippen molar-refractivity contribution in [3.63, 3.8) is 0 Å². The first-order valence-electron chi connectivity index (χ1n) is 4.18. The molecular weight excluding hydrogens is 162 g/mol. The minimum Gasteiger partial charge on any atom is -0.343 e. The summed E-state index contributed by atoms with van der Waals surface area (Å²) in [5.74, 6) is 0.722. The highest BCUT2D eigenvalue weighted by Crippen LogP contribution is 2.14. The highest BCUT2D eigenvalue weighted by atomic mass is 15.0. The Hall–Kier alpha value is -1.64. The maximum Gasteiger partial charge on any atom is 0.177 e. The molecule has 0 saturated heterocycles. The van der Waals surface area contributed by atoms with Crippen molar-refractivity contribution >= 4 is 18.1 Å². The first-order valence-corrected chi connectivity index (χ1v) is 4.18. The monoisotopic (exact) mass is 175 g/mol. The van der Waals surface area contributed by atoms with Crippen LogP contribution < -0.4 is 0 Å². The topological polar surface area (TPSA) is 41.0 Å². The Morgan fingerprint density at radius 2 is 2.54 bits per heavy atom. The molecule has 1 heterocycles. The molecule has 0 unspecified atom stereocenters. The van der Waals surface area contributed by atoms with Crippen LogP contribution in [0.15, 0.2) is 30.1 Å². The van der Waals surface area contributed by atoms with Crippen molar-refractivity contribution in [2.24, 2.45) is 4.99 Å². The highest BCUT2D eigenvalue weighted by Gasteiger charge is 1.97. The molecule has 0 aliphatic heterocycles. The van der Waals surface area contributed by atoms with Crippen LogP contribution in [0, 0.1) is 0 Å². The van der Waals surface area contributed by atoms with E-state index >= 15 is 0 Å². The van der Waals surface area contributed by atoms with Crippen LogP contribution in [0.4, 0.5) is 5.82 Å². The Labute approximate surface area is 77.9 Å². The molecule has 13 heavy (non-hydrogen) atoms. The van der Waals surface area contributed by atoms with Gasteiger partial charge in [0.25, 0.3) is 0 Å². The van der Waals surface area contributed by atoms with Crippen LogP contribution in [-0.4, -0.2) is 16.2 Å². The molecule has 0 bridgehead atoms. The average molecular weight is 175 g/mol. The molecule has 1 aromatic rings. The summed E-state index contributed by atoms with van der Waals surface area (Å²) in [6, 6.07) is 0. The second kappa shape index (κ2) is 5.09. The van der Waals surface area contributed by atoms with E-state index < -0.39 is 0 Å². The van der Waals surface area contributed by atoms with Crippen LogP contribution in [0.2, 0.25) is 0 Å². The van der Waals surface area contributed by atoms with Crippen LogP contribution in [0.3, 0.4) is 0 Å². The fourth-order valence-corrected chi connectivity index (χ4v) is 0.903. The van der Waals surface area contributed by atoms with Gasteiger partial charge in [-0.2, -0.15) is 0 Å². The van der Waals surface area contributed by atoms with Crippen LogP contribution >= 0.6 is 0 Å². The number of aromatic amines is 1. The third-order valence-electron chi connectivity index (χ3n) is 1.47. The van der Waals surface area contributed by atoms with Gasteiger partial charge >= 0.3 is 0 Å². The number of nitrogens with one attached hydrogen (secondary N) is 1. The molecule has 0 saturated carbocycles. The second-order valence-corrected chi connectivity index (χ2v) is 2.48. The van der Waals surface area contributed by atoms with E-state index in [0.29, 0.717) is 0 Å². The van der Waals surface area contributed by atoms with Crippen molar-refractivity contribution < 1.29 is 0 Å². The van der Waals surface area contributed by atoms with Gasteiger partial charge in [0.1, 0.15) is 0 Å². The molecule has 1 N–H and O–H groups in total. The van der Waals surface area contributed by atoms with Crippen molar-refractivity contribution in [1.82, 2.24) is 9.97 Å². The van der Waals surface area contributed by atoms with Crippen LogP contribution in [0.1, 0.15) is 19.0 Å². The molecule has 0 aliphatic rings. The zero-order valence-electron chi connectivity index (χ0n) is 7.70.